The van der Waals surface area contributed by atoms with Gasteiger partial charge in [-0.3, -0.25) is 0 Å². The van der Waals surface area contributed by atoms with Crippen LogP contribution in [0.5, 0.6) is 0 Å². The number of fused-ring (bicyclic) bond motifs is 12. The number of nitrogens with zero attached hydrogens (tertiary/aromatic N) is 1. The van der Waals surface area contributed by atoms with Crippen LogP contribution in [0.3, 0.4) is 0 Å². The van der Waals surface area contributed by atoms with Crippen LogP contribution in [-0.2, 0) is 19.3 Å². The molecule has 2 aliphatic carbocycles. The van der Waals surface area contributed by atoms with Gasteiger partial charge in [-0.05, 0) is 92.7 Å². The highest BCUT2D eigenvalue weighted by Crippen LogP contribution is 2.49. The third kappa shape index (κ3) is 1.98. The monoisotopic (exact) mass is 431 g/mol. The van der Waals surface area contributed by atoms with Crippen molar-refractivity contribution >= 4 is 21.8 Å². The fourth-order valence-electron chi connectivity index (χ4n) is 7.02. The Hall–Kier alpha value is -4.10. The van der Waals surface area contributed by atoms with Gasteiger partial charge in [0.15, 0.2) is 0 Å². The van der Waals surface area contributed by atoms with Crippen molar-refractivity contribution in [3.8, 4) is 27.9 Å². The quantitative estimate of drug-likeness (QED) is 0.231. The fourth-order valence-corrected chi connectivity index (χ4v) is 7.02. The van der Waals surface area contributed by atoms with Crippen molar-refractivity contribution in [2.75, 3.05) is 0 Å². The summed E-state index contributed by atoms with van der Waals surface area (Å²) in [4.78, 5) is 0. The molecule has 6 aromatic rings. The summed E-state index contributed by atoms with van der Waals surface area (Å²) < 4.78 is 2.57. The topological polar surface area (TPSA) is 4.93 Å². The molecule has 158 valence electrons. The number of para-hydroxylation sites is 1. The van der Waals surface area contributed by atoms with Crippen LogP contribution in [0, 0.1) is 0 Å². The van der Waals surface area contributed by atoms with Gasteiger partial charge in [-0.25, -0.2) is 0 Å². The zero-order valence-corrected chi connectivity index (χ0v) is 18.7. The molecule has 0 amide bonds. The van der Waals surface area contributed by atoms with E-state index >= 15 is 0 Å². The van der Waals surface area contributed by atoms with Gasteiger partial charge in [0.1, 0.15) is 0 Å². The van der Waals surface area contributed by atoms with E-state index in [1.807, 2.05) is 0 Å². The van der Waals surface area contributed by atoms with Crippen molar-refractivity contribution in [3.63, 3.8) is 0 Å². The van der Waals surface area contributed by atoms with Crippen LogP contribution in [0.4, 0.5) is 0 Å². The molecule has 0 saturated carbocycles. The number of hydrogen-bond donors (Lipinski definition) is 0. The zero-order valence-electron chi connectivity index (χ0n) is 18.7. The van der Waals surface area contributed by atoms with Gasteiger partial charge in [0.2, 0.25) is 0 Å². The molecule has 0 bridgehead atoms. The van der Waals surface area contributed by atoms with Gasteiger partial charge >= 0.3 is 0 Å². The molecule has 1 aromatic heterocycles. The number of hydrogen-bond acceptors (Lipinski definition) is 0. The molecule has 1 nitrogen and oxygen atoms in total. The summed E-state index contributed by atoms with van der Waals surface area (Å²) in [6.45, 7) is 0. The summed E-state index contributed by atoms with van der Waals surface area (Å²) >= 11 is 0. The second-order valence-corrected chi connectivity index (χ2v) is 10.1. The molecule has 1 heteroatoms. The van der Waals surface area contributed by atoms with E-state index < -0.39 is 0 Å². The van der Waals surface area contributed by atoms with Crippen molar-refractivity contribution in [2.24, 2.45) is 0 Å². The van der Waals surface area contributed by atoms with Gasteiger partial charge in [0.25, 0.3) is 0 Å². The summed E-state index contributed by atoms with van der Waals surface area (Å²) in [7, 11) is 0. The Bertz CT molecular complexity index is 1880. The summed E-state index contributed by atoms with van der Waals surface area (Å²) in [5, 5.41) is 2.86. The molecule has 9 rings (SSSR count). The van der Waals surface area contributed by atoms with Crippen LogP contribution < -0.4 is 0 Å². The molecule has 3 aliphatic rings. The van der Waals surface area contributed by atoms with Gasteiger partial charge < -0.3 is 4.57 Å². The smallest absolute Gasteiger partial charge is 0.0579 e. The van der Waals surface area contributed by atoms with Crippen molar-refractivity contribution in [1.29, 1.82) is 0 Å². The van der Waals surface area contributed by atoms with E-state index in [4.69, 9.17) is 0 Å². The molecule has 0 fully saturated rings. The average Bonchev–Trinajstić information content (AvgIpc) is 3.53. The van der Waals surface area contributed by atoms with Gasteiger partial charge in [-0.2, -0.15) is 0 Å². The van der Waals surface area contributed by atoms with Crippen LogP contribution in [-0.4, -0.2) is 4.57 Å². The molecule has 0 unspecified atom stereocenters. The van der Waals surface area contributed by atoms with Crippen LogP contribution in [0.25, 0.3) is 49.7 Å². The molecular formula is C33H21N. The molecule has 0 N–H and O–H groups in total. The minimum absolute atomic E-state index is 0.993. The highest BCUT2D eigenvalue weighted by atomic mass is 15.0. The largest absolute Gasteiger partial charge is 0.309 e. The maximum absolute atomic E-state index is 2.57. The van der Waals surface area contributed by atoms with E-state index in [1.165, 1.54) is 83.1 Å². The molecule has 5 aromatic carbocycles. The van der Waals surface area contributed by atoms with Crippen molar-refractivity contribution in [1.82, 2.24) is 4.57 Å². The Morgan fingerprint density at radius 1 is 0.500 bits per heavy atom. The third-order valence-corrected chi connectivity index (χ3v) is 8.41. The lowest BCUT2D eigenvalue weighted by Gasteiger charge is -2.23. The number of benzene rings is 5. The van der Waals surface area contributed by atoms with Crippen molar-refractivity contribution in [2.45, 2.75) is 19.3 Å². The highest BCUT2D eigenvalue weighted by molar-refractivity contribution is 6.15. The first-order valence-electron chi connectivity index (χ1n) is 12.3. The van der Waals surface area contributed by atoms with E-state index in [1.54, 1.807) is 0 Å². The van der Waals surface area contributed by atoms with Crippen molar-refractivity contribution in [3.05, 3.63) is 124 Å². The predicted octanol–water partition coefficient (Wildman–Crippen LogP) is 7.83. The van der Waals surface area contributed by atoms with E-state index in [0.717, 1.165) is 19.3 Å². The Morgan fingerprint density at radius 3 is 2.06 bits per heavy atom. The van der Waals surface area contributed by atoms with Crippen LogP contribution >= 0.6 is 0 Å². The van der Waals surface area contributed by atoms with Gasteiger partial charge in [0.05, 0.1) is 16.7 Å². The first-order valence-corrected chi connectivity index (χ1v) is 12.3. The van der Waals surface area contributed by atoms with Crippen LogP contribution in [0.15, 0.2) is 91.0 Å². The van der Waals surface area contributed by atoms with Crippen molar-refractivity contribution < 1.29 is 0 Å². The second-order valence-electron chi connectivity index (χ2n) is 10.1. The van der Waals surface area contributed by atoms with E-state index in [9.17, 15) is 0 Å². The standard InChI is InChI=1S/C33H21N/c1-3-9-24-19(7-1)13-21-18-31-22(16-27(21)24)14-23-17-28-25-10-4-2-8-20(25)15-29(28)32-26-11-5-6-12-30(26)34(31)33(23)32/h1-12,16-18H,13-15H2. The third-order valence-electron chi connectivity index (χ3n) is 8.41. The summed E-state index contributed by atoms with van der Waals surface area (Å²) in [5.74, 6) is 0. The van der Waals surface area contributed by atoms with Gasteiger partial charge in [0, 0.05) is 17.2 Å². The Kier molecular flexibility index (Phi) is 3.00. The molecule has 2 heterocycles. The maximum atomic E-state index is 2.57. The second kappa shape index (κ2) is 5.87. The number of rotatable bonds is 0. The van der Waals surface area contributed by atoms with Crippen LogP contribution in [0.1, 0.15) is 33.4 Å². The summed E-state index contributed by atoms with van der Waals surface area (Å²) in [6, 6.07) is 34.4. The van der Waals surface area contributed by atoms with Crippen LogP contribution in [0.2, 0.25) is 0 Å². The maximum Gasteiger partial charge on any atom is 0.0579 e. The molecule has 0 saturated heterocycles. The first kappa shape index (κ1) is 17.4. The first-order chi connectivity index (χ1) is 16.8. The lowest BCUT2D eigenvalue weighted by atomic mass is 9.90. The SMILES string of the molecule is c1ccc2c(c1)Cc1cc3c(cc1-2)Cc1cc2c(c4c5ccccc5n-3c14)Cc1ccccc1-2. The Morgan fingerprint density at radius 2 is 1.18 bits per heavy atom. The Balaban J connectivity index is 1.41. The fraction of sp³-hybridized carbons (Fsp3) is 0.0909. The lowest BCUT2D eigenvalue weighted by Crippen LogP contribution is -2.09. The van der Waals surface area contributed by atoms with Gasteiger partial charge in [-0.1, -0.05) is 66.7 Å². The summed E-state index contributed by atoms with van der Waals surface area (Å²) in [6.07, 6.45) is 3.06. The normalized spacial score (nSPS) is 14.1. The predicted molar refractivity (Wildman–Crippen MR) is 140 cm³/mol. The molecular weight excluding hydrogens is 410 g/mol. The summed E-state index contributed by atoms with van der Waals surface area (Å²) in [5.41, 5.74) is 18.6. The molecule has 0 radical (unpaired) electrons. The average molecular weight is 432 g/mol. The minimum atomic E-state index is 0.993. The van der Waals surface area contributed by atoms with E-state index in [-0.39, 0.29) is 0 Å². The molecule has 0 atom stereocenters. The van der Waals surface area contributed by atoms with E-state index in [0.29, 0.717) is 0 Å². The highest BCUT2D eigenvalue weighted by Gasteiger charge is 2.30. The Labute approximate surface area is 197 Å². The molecule has 34 heavy (non-hydrogen) atoms. The van der Waals surface area contributed by atoms with E-state index in [2.05, 4.69) is 95.6 Å². The molecule has 0 spiro atoms. The lowest BCUT2D eigenvalue weighted by molar-refractivity contribution is 1.04. The number of aromatic nitrogens is 1. The minimum Gasteiger partial charge on any atom is -0.309 e. The van der Waals surface area contributed by atoms with Gasteiger partial charge in [-0.15, -0.1) is 0 Å². The molecule has 1 aliphatic heterocycles. The zero-order chi connectivity index (χ0) is 22.0.